The van der Waals surface area contributed by atoms with Crippen molar-refractivity contribution in [2.45, 2.75) is 12.5 Å². The Morgan fingerprint density at radius 3 is 3.07 bits per heavy atom. The summed E-state index contributed by atoms with van der Waals surface area (Å²) in [7, 11) is 0. The summed E-state index contributed by atoms with van der Waals surface area (Å²) >= 11 is 0. The molecule has 0 radical (unpaired) electrons. The Hall–Kier alpha value is -1.84. The summed E-state index contributed by atoms with van der Waals surface area (Å²) in [4.78, 5) is 4.04. The third-order valence-electron chi connectivity index (χ3n) is 2.45. The normalized spacial score (nSPS) is 19.0. The molecule has 0 saturated heterocycles. The lowest BCUT2D eigenvalue weighted by atomic mass is 10.1. The highest BCUT2D eigenvalue weighted by Gasteiger charge is 2.24. The molecule has 1 aliphatic rings. The molecule has 0 saturated carbocycles. The molecule has 0 aliphatic carbocycles. The van der Waals surface area contributed by atoms with Crippen molar-refractivity contribution in [3.8, 4) is 0 Å². The average molecular weight is 187 g/mol. The number of anilines is 1. The van der Waals surface area contributed by atoms with E-state index in [-0.39, 0.29) is 6.04 Å². The first kappa shape index (κ1) is 7.55. The smallest absolute Gasteiger partial charge is 0.249 e. The van der Waals surface area contributed by atoms with Crippen LogP contribution in [0.5, 0.6) is 0 Å². The van der Waals surface area contributed by atoms with Gasteiger partial charge in [0, 0.05) is 12.1 Å². The Morgan fingerprint density at radius 2 is 2.29 bits per heavy atom. The van der Waals surface area contributed by atoms with Gasteiger partial charge in [0.05, 0.1) is 0 Å². The van der Waals surface area contributed by atoms with Crippen molar-refractivity contribution in [1.29, 1.82) is 0 Å². The fourth-order valence-electron chi connectivity index (χ4n) is 1.78. The van der Waals surface area contributed by atoms with Crippen molar-refractivity contribution >= 4 is 5.69 Å². The fraction of sp³-hybridized carbons (Fsp3) is 0.200. The van der Waals surface area contributed by atoms with Crippen molar-refractivity contribution < 1.29 is 4.52 Å². The first-order valence-electron chi connectivity index (χ1n) is 4.54. The van der Waals surface area contributed by atoms with Crippen LogP contribution in [0, 0.1) is 0 Å². The Bertz CT molecular complexity index is 413. The van der Waals surface area contributed by atoms with Gasteiger partial charge in [-0.3, -0.25) is 0 Å². The van der Waals surface area contributed by atoms with Crippen LogP contribution < -0.4 is 5.32 Å². The highest BCUT2D eigenvalue weighted by Crippen LogP contribution is 2.32. The van der Waals surface area contributed by atoms with Gasteiger partial charge in [-0.05, 0) is 11.6 Å². The third-order valence-corrected chi connectivity index (χ3v) is 2.45. The number of para-hydroxylation sites is 1. The minimum atomic E-state index is 0.134. The highest BCUT2D eigenvalue weighted by atomic mass is 16.5. The van der Waals surface area contributed by atoms with Crippen LogP contribution in [0.1, 0.15) is 17.5 Å². The zero-order chi connectivity index (χ0) is 9.38. The Balaban J connectivity index is 1.92. The Morgan fingerprint density at radius 1 is 1.36 bits per heavy atom. The molecule has 2 aromatic rings. The van der Waals surface area contributed by atoms with Gasteiger partial charge in [0.2, 0.25) is 5.89 Å². The maximum Gasteiger partial charge on any atom is 0.249 e. The van der Waals surface area contributed by atoms with E-state index in [2.05, 4.69) is 27.6 Å². The molecular formula is C10H9N3O. The minimum Gasteiger partial charge on any atom is -0.373 e. The molecule has 2 heterocycles. The van der Waals surface area contributed by atoms with Gasteiger partial charge in [-0.15, -0.1) is 0 Å². The molecule has 4 nitrogen and oxygen atoms in total. The van der Waals surface area contributed by atoms with E-state index in [1.165, 1.54) is 11.9 Å². The molecule has 1 aromatic carbocycles. The van der Waals surface area contributed by atoms with E-state index >= 15 is 0 Å². The number of aromatic nitrogens is 2. The number of nitrogens with zero attached hydrogens (tertiary/aromatic N) is 2. The maximum atomic E-state index is 5.03. The van der Waals surface area contributed by atoms with Gasteiger partial charge >= 0.3 is 0 Å². The van der Waals surface area contributed by atoms with Crippen molar-refractivity contribution in [2.24, 2.45) is 0 Å². The first-order chi connectivity index (χ1) is 6.93. The monoisotopic (exact) mass is 187 g/mol. The lowest BCUT2D eigenvalue weighted by Gasteiger charge is -2.03. The minimum absolute atomic E-state index is 0.134. The molecule has 1 unspecified atom stereocenters. The second-order valence-corrected chi connectivity index (χ2v) is 3.34. The average Bonchev–Trinajstić information content (AvgIpc) is 2.86. The number of rotatable bonds is 1. The number of nitrogens with one attached hydrogen (secondary N) is 1. The Kier molecular flexibility index (Phi) is 1.53. The van der Waals surface area contributed by atoms with E-state index in [1.807, 2.05) is 12.1 Å². The van der Waals surface area contributed by atoms with Crippen LogP contribution in [0.3, 0.4) is 0 Å². The van der Waals surface area contributed by atoms with Crippen LogP contribution >= 0.6 is 0 Å². The topological polar surface area (TPSA) is 51.0 Å². The van der Waals surface area contributed by atoms with Gasteiger partial charge in [0.1, 0.15) is 6.04 Å². The predicted octanol–water partition coefficient (Wildman–Crippen LogP) is 1.78. The summed E-state index contributed by atoms with van der Waals surface area (Å²) < 4.78 is 5.03. The van der Waals surface area contributed by atoms with Gasteiger partial charge in [-0.25, -0.2) is 0 Å². The molecule has 0 fully saturated rings. The van der Waals surface area contributed by atoms with Crippen LogP contribution in [0.4, 0.5) is 5.69 Å². The second-order valence-electron chi connectivity index (χ2n) is 3.34. The van der Waals surface area contributed by atoms with Gasteiger partial charge in [-0.1, -0.05) is 23.4 Å². The molecule has 4 heteroatoms. The molecule has 3 rings (SSSR count). The first-order valence-corrected chi connectivity index (χ1v) is 4.54. The molecule has 1 atom stereocenters. The summed E-state index contributed by atoms with van der Waals surface area (Å²) in [5.41, 5.74) is 2.46. The van der Waals surface area contributed by atoms with Crippen molar-refractivity contribution in [1.82, 2.24) is 10.1 Å². The number of hydrogen-bond donors (Lipinski definition) is 1. The van der Waals surface area contributed by atoms with Crippen LogP contribution in [0.25, 0.3) is 0 Å². The second kappa shape index (κ2) is 2.83. The highest BCUT2D eigenvalue weighted by molar-refractivity contribution is 5.56. The van der Waals surface area contributed by atoms with Gasteiger partial charge in [0.15, 0.2) is 6.33 Å². The summed E-state index contributed by atoms with van der Waals surface area (Å²) in [6, 6.07) is 8.36. The van der Waals surface area contributed by atoms with Gasteiger partial charge in [-0.2, -0.15) is 4.98 Å². The SMILES string of the molecule is c1ccc2c(c1)CC(c1ncno1)N2. The van der Waals surface area contributed by atoms with Crippen LogP contribution in [-0.4, -0.2) is 10.1 Å². The van der Waals surface area contributed by atoms with E-state index in [4.69, 9.17) is 4.52 Å². The molecule has 0 bridgehead atoms. The zero-order valence-electron chi connectivity index (χ0n) is 7.47. The van der Waals surface area contributed by atoms with Crippen molar-refractivity contribution in [3.63, 3.8) is 0 Å². The molecule has 70 valence electrons. The molecule has 1 aromatic heterocycles. The standard InChI is InChI=1S/C10H9N3O/c1-2-4-8-7(3-1)5-9(13-8)10-11-6-12-14-10/h1-4,6,9,13H,5H2. The fourth-order valence-corrected chi connectivity index (χ4v) is 1.78. The molecule has 0 spiro atoms. The quantitative estimate of drug-likeness (QED) is 0.739. The van der Waals surface area contributed by atoms with Gasteiger partial charge < -0.3 is 9.84 Å². The zero-order valence-corrected chi connectivity index (χ0v) is 7.47. The van der Waals surface area contributed by atoms with E-state index in [0.29, 0.717) is 5.89 Å². The van der Waals surface area contributed by atoms with Crippen LogP contribution in [0.2, 0.25) is 0 Å². The van der Waals surface area contributed by atoms with E-state index in [9.17, 15) is 0 Å². The largest absolute Gasteiger partial charge is 0.373 e. The van der Waals surface area contributed by atoms with Crippen molar-refractivity contribution in [2.75, 3.05) is 5.32 Å². The lowest BCUT2D eigenvalue weighted by molar-refractivity contribution is 0.363. The molecular weight excluding hydrogens is 178 g/mol. The molecule has 14 heavy (non-hydrogen) atoms. The number of benzene rings is 1. The van der Waals surface area contributed by atoms with Crippen LogP contribution in [0.15, 0.2) is 35.1 Å². The summed E-state index contributed by atoms with van der Waals surface area (Å²) in [5, 5.41) is 6.94. The lowest BCUT2D eigenvalue weighted by Crippen LogP contribution is -2.05. The predicted molar refractivity (Wildman–Crippen MR) is 50.8 cm³/mol. The summed E-state index contributed by atoms with van der Waals surface area (Å²) in [5.74, 6) is 0.654. The summed E-state index contributed by atoms with van der Waals surface area (Å²) in [6.07, 6.45) is 2.35. The van der Waals surface area contributed by atoms with E-state index in [0.717, 1.165) is 12.1 Å². The summed E-state index contributed by atoms with van der Waals surface area (Å²) in [6.45, 7) is 0. The van der Waals surface area contributed by atoms with E-state index < -0.39 is 0 Å². The number of fused-ring (bicyclic) bond motifs is 1. The molecule has 1 N–H and O–H groups in total. The van der Waals surface area contributed by atoms with Gasteiger partial charge in [0.25, 0.3) is 0 Å². The van der Waals surface area contributed by atoms with E-state index in [1.54, 1.807) is 0 Å². The maximum absolute atomic E-state index is 5.03. The van der Waals surface area contributed by atoms with Crippen LogP contribution in [-0.2, 0) is 6.42 Å². The number of hydrogen-bond acceptors (Lipinski definition) is 4. The Labute approximate surface area is 80.9 Å². The molecule has 1 aliphatic heterocycles. The third kappa shape index (κ3) is 1.08. The van der Waals surface area contributed by atoms with Crippen molar-refractivity contribution in [3.05, 3.63) is 42.0 Å². The molecule has 0 amide bonds.